The maximum Gasteiger partial charge on any atom is 0.148 e. The first-order valence-electron chi connectivity index (χ1n) is 22.3. The van der Waals surface area contributed by atoms with Gasteiger partial charge in [-0.05, 0) is 57.2 Å². The van der Waals surface area contributed by atoms with Crippen molar-refractivity contribution in [1.29, 1.82) is 0 Å². The predicted molar refractivity (Wildman–Crippen MR) is 269 cm³/mol. The molecule has 0 aliphatic rings. The van der Waals surface area contributed by atoms with Crippen LogP contribution in [-0.2, 0) is 31.9 Å². The van der Waals surface area contributed by atoms with E-state index < -0.39 is 0 Å². The molecule has 0 bridgehead atoms. The molecule has 0 aliphatic carbocycles. The van der Waals surface area contributed by atoms with Crippen LogP contribution in [0.5, 0.6) is 5.75 Å². The predicted octanol–water partition coefficient (Wildman–Crippen LogP) is 15.9. The average molecular weight is 1040 g/mol. The zero-order chi connectivity index (χ0) is 44.6. The van der Waals surface area contributed by atoms with Gasteiger partial charge in [0.05, 0.1) is 22.3 Å². The van der Waals surface area contributed by atoms with Crippen LogP contribution >= 0.6 is 0 Å². The van der Waals surface area contributed by atoms with Gasteiger partial charge in [0.15, 0.2) is 0 Å². The monoisotopic (exact) mass is 1040 g/mol. The van der Waals surface area contributed by atoms with Gasteiger partial charge in [-0.3, -0.25) is 9.55 Å². The maximum atomic E-state index is 12.5. The van der Waals surface area contributed by atoms with Crippen molar-refractivity contribution < 1.29 is 30.6 Å². The minimum absolute atomic E-state index is 0. The van der Waals surface area contributed by atoms with E-state index in [1.165, 1.54) is 0 Å². The molecular formula is C60H48N3O2Pt-. The van der Waals surface area contributed by atoms with Gasteiger partial charge in [-0.2, -0.15) is 0 Å². The molecule has 3 aromatic heterocycles. The minimum Gasteiger partial charge on any atom is -0.507 e. The zero-order valence-electron chi connectivity index (χ0n) is 37.8. The molecule has 11 aromatic rings. The van der Waals surface area contributed by atoms with Gasteiger partial charge < -0.3 is 9.52 Å². The Morgan fingerprint density at radius 3 is 2.02 bits per heavy atom. The van der Waals surface area contributed by atoms with Crippen molar-refractivity contribution >= 4 is 43.7 Å². The summed E-state index contributed by atoms with van der Waals surface area (Å²) >= 11 is 0. The van der Waals surface area contributed by atoms with Crippen molar-refractivity contribution in [2.45, 2.75) is 52.4 Å². The molecule has 0 saturated heterocycles. The number of aromatic hydroxyl groups is 1. The Bertz CT molecular complexity index is 3630. The molecule has 8 aromatic carbocycles. The molecule has 3 heterocycles. The molecule has 0 amide bonds. The summed E-state index contributed by atoms with van der Waals surface area (Å²) < 4.78 is 8.88. The molecule has 0 saturated carbocycles. The van der Waals surface area contributed by atoms with E-state index in [1.54, 1.807) is 0 Å². The van der Waals surface area contributed by atoms with Gasteiger partial charge in [0.25, 0.3) is 0 Å². The number of rotatable bonds is 6. The van der Waals surface area contributed by atoms with Crippen LogP contribution in [-0.4, -0.2) is 19.6 Å². The van der Waals surface area contributed by atoms with E-state index in [9.17, 15) is 5.11 Å². The molecule has 0 aliphatic heterocycles. The number of phenolic OH excluding ortho intramolecular Hbond substituents is 1. The van der Waals surface area contributed by atoms with E-state index in [4.69, 9.17) is 14.4 Å². The molecule has 11 rings (SSSR count). The number of phenols is 1. The van der Waals surface area contributed by atoms with Crippen LogP contribution < -0.4 is 0 Å². The number of para-hydroxylation sites is 2. The molecular weight excluding hydrogens is 990 g/mol. The number of benzene rings is 8. The van der Waals surface area contributed by atoms with E-state index >= 15 is 0 Å². The minimum atomic E-state index is -0.336. The summed E-state index contributed by atoms with van der Waals surface area (Å²) in [5.41, 5.74) is 14.1. The molecule has 1 N–H and O–H groups in total. The largest absolute Gasteiger partial charge is 0.507 e. The second-order valence-electron chi connectivity index (χ2n) is 19.1. The summed E-state index contributed by atoms with van der Waals surface area (Å²) in [4.78, 5) is 10.7. The molecule has 0 atom stereocenters. The van der Waals surface area contributed by atoms with Crippen LogP contribution in [0.4, 0.5) is 0 Å². The number of pyridine rings is 1. The summed E-state index contributed by atoms with van der Waals surface area (Å²) in [6, 6.07) is 63.0. The van der Waals surface area contributed by atoms with E-state index in [1.807, 2.05) is 24.4 Å². The van der Waals surface area contributed by atoms with Crippen molar-refractivity contribution in [3.05, 3.63) is 193 Å². The summed E-state index contributed by atoms with van der Waals surface area (Å²) in [5, 5.41) is 16.6. The first-order chi connectivity index (χ1) is 31.4. The summed E-state index contributed by atoms with van der Waals surface area (Å²) in [7, 11) is 0. The third kappa shape index (κ3) is 7.32. The van der Waals surface area contributed by atoms with E-state index in [0.717, 1.165) is 105 Å². The third-order valence-electron chi connectivity index (χ3n) is 12.7. The molecule has 5 nitrogen and oxygen atoms in total. The number of imidazole rings is 1. The quantitative estimate of drug-likeness (QED) is 0.169. The van der Waals surface area contributed by atoms with Gasteiger partial charge in [-0.25, -0.2) is 4.98 Å². The first kappa shape index (κ1) is 42.9. The molecule has 0 spiro atoms. The molecule has 0 unspecified atom stereocenters. The standard InChI is InChI=1S/C60H48N3O2.Pt/c1-59(2,3)43-35-48(56(64)49(36-43)60(4,5)6)58-62-55-45(25-17-27-51(55)63(58)50-26-16-15-23-44(50)38-20-11-8-12-21-38)41-32-40(37-18-9-7-10-19-37)33-42(34-41)54-53-47-29-28-39-22-13-14-24-46(39)57(47)65-52(53)30-31-61-54;/h7-33,35-36,64H,1-6H3;/q-1;. The van der Waals surface area contributed by atoms with Gasteiger partial charge in [0.1, 0.15) is 22.7 Å². The van der Waals surface area contributed by atoms with Crippen molar-refractivity contribution in [2.24, 2.45) is 0 Å². The molecule has 6 heteroatoms. The smallest absolute Gasteiger partial charge is 0.148 e. The van der Waals surface area contributed by atoms with Gasteiger partial charge in [0.2, 0.25) is 0 Å². The summed E-state index contributed by atoms with van der Waals surface area (Å²) in [5.74, 6) is 0.896. The average Bonchev–Trinajstić information content (AvgIpc) is 3.91. The number of fused-ring (bicyclic) bond motifs is 6. The number of furan rings is 1. The summed E-state index contributed by atoms with van der Waals surface area (Å²) in [6.07, 6.45) is 1.83. The van der Waals surface area contributed by atoms with Gasteiger partial charge in [-0.1, -0.05) is 192 Å². The normalized spacial score (nSPS) is 12.0. The first-order valence-corrected chi connectivity index (χ1v) is 22.3. The fourth-order valence-corrected chi connectivity index (χ4v) is 9.37. The molecule has 0 fully saturated rings. The number of aromatic nitrogens is 3. The Hall–Kier alpha value is -7.07. The molecule has 326 valence electrons. The Kier molecular flexibility index (Phi) is 10.7. The van der Waals surface area contributed by atoms with Crippen LogP contribution in [0.25, 0.3) is 105 Å². The Morgan fingerprint density at radius 2 is 1.26 bits per heavy atom. The van der Waals surface area contributed by atoms with Crippen molar-refractivity contribution in [2.75, 3.05) is 0 Å². The molecule has 0 radical (unpaired) electrons. The number of hydrogen-bond donors (Lipinski definition) is 1. The number of nitrogens with zero attached hydrogens (tertiary/aromatic N) is 3. The summed E-state index contributed by atoms with van der Waals surface area (Å²) in [6.45, 7) is 13.1. The Morgan fingerprint density at radius 1 is 0.576 bits per heavy atom. The van der Waals surface area contributed by atoms with Crippen LogP contribution in [0.3, 0.4) is 0 Å². The van der Waals surface area contributed by atoms with E-state index in [2.05, 4.69) is 204 Å². The topological polar surface area (TPSA) is 64.1 Å². The molecule has 66 heavy (non-hydrogen) atoms. The van der Waals surface area contributed by atoms with Crippen LogP contribution in [0.1, 0.15) is 52.7 Å². The third-order valence-corrected chi connectivity index (χ3v) is 12.7. The van der Waals surface area contributed by atoms with E-state index in [0.29, 0.717) is 11.4 Å². The van der Waals surface area contributed by atoms with Gasteiger partial charge in [0, 0.05) is 60.2 Å². The van der Waals surface area contributed by atoms with Crippen LogP contribution in [0, 0.1) is 6.07 Å². The van der Waals surface area contributed by atoms with Gasteiger partial charge >= 0.3 is 0 Å². The van der Waals surface area contributed by atoms with Crippen LogP contribution in [0.15, 0.2) is 180 Å². The maximum absolute atomic E-state index is 12.5. The fourth-order valence-electron chi connectivity index (χ4n) is 9.37. The van der Waals surface area contributed by atoms with Crippen molar-refractivity contribution in [3.63, 3.8) is 0 Å². The Labute approximate surface area is 399 Å². The Balaban J connectivity index is 0.00000511. The zero-order valence-corrected chi connectivity index (χ0v) is 40.0. The fraction of sp³-hybridized carbons (Fsp3) is 0.133. The SMILES string of the molecule is CC(C)(C)c1cc(-c2nc3c(-c4[c-]c(-c5nccc6oc7c8ccccc8ccc7c56)cc(-c5ccccc5)c4)cccc3n2-c2ccccc2-c2ccccc2)c(O)c(C(C)(C)C)c1.[Pt]. The van der Waals surface area contributed by atoms with Crippen molar-refractivity contribution in [3.8, 4) is 67.5 Å². The van der Waals surface area contributed by atoms with E-state index in [-0.39, 0.29) is 37.6 Å². The van der Waals surface area contributed by atoms with Gasteiger partial charge in [-0.15, -0.1) is 23.8 Å². The number of hydrogen-bond acceptors (Lipinski definition) is 4. The van der Waals surface area contributed by atoms with Crippen LogP contribution in [0.2, 0.25) is 0 Å². The van der Waals surface area contributed by atoms with Crippen molar-refractivity contribution in [1.82, 2.24) is 14.5 Å². The second-order valence-corrected chi connectivity index (χ2v) is 19.1. The second kappa shape index (κ2) is 16.4.